The number of aliphatic hydroxyl groups is 1. The quantitative estimate of drug-likeness (QED) is 0.442. The first-order valence-corrected chi connectivity index (χ1v) is 16.5. The van der Waals surface area contributed by atoms with Crippen LogP contribution in [-0.4, -0.2) is 20.5 Å². The molecule has 5 rings (SSSR count). The molecule has 0 radical (unpaired) electrons. The van der Waals surface area contributed by atoms with Crippen molar-refractivity contribution in [1.29, 1.82) is 0 Å². The first-order chi connectivity index (χ1) is 16.4. The molecule has 2 saturated carbocycles. The van der Waals surface area contributed by atoms with E-state index in [2.05, 4.69) is 71.1 Å². The molecule has 2 aromatic carbocycles. The lowest BCUT2D eigenvalue weighted by atomic mass is 9.52. The average molecular weight is 493 g/mol. The van der Waals surface area contributed by atoms with Crippen LogP contribution in [0.3, 0.4) is 0 Å². The van der Waals surface area contributed by atoms with Gasteiger partial charge < -0.3 is 14.3 Å². The molecule has 4 heteroatoms. The first-order valence-electron chi connectivity index (χ1n) is 13.6. The van der Waals surface area contributed by atoms with Crippen molar-refractivity contribution in [3.05, 3.63) is 59.2 Å². The van der Waals surface area contributed by atoms with Crippen molar-refractivity contribution in [2.75, 3.05) is 7.11 Å². The normalized spacial score (nSPS) is 32.4. The van der Waals surface area contributed by atoms with E-state index in [9.17, 15) is 5.11 Å². The summed E-state index contributed by atoms with van der Waals surface area (Å²) in [4.78, 5) is 0. The zero-order valence-corrected chi connectivity index (χ0v) is 23.8. The van der Waals surface area contributed by atoms with Gasteiger partial charge in [-0.05, 0) is 115 Å². The molecule has 0 amide bonds. The van der Waals surface area contributed by atoms with E-state index < -0.39 is 13.9 Å². The number of hydrogen-bond acceptors (Lipinski definition) is 3. The molecule has 2 fully saturated rings. The van der Waals surface area contributed by atoms with Crippen LogP contribution in [0.15, 0.2) is 42.5 Å². The predicted octanol–water partition coefficient (Wildman–Crippen LogP) is 7.82. The number of fused-ring (bicyclic) bond motifs is 5. The minimum Gasteiger partial charge on any atom is -0.543 e. The second-order valence-electron chi connectivity index (χ2n) is 13.2. The highest BCUT2D eigenvalue weighted by atomic mass is 28.4. The van der Waals surface area contributed by atoms with Crippen LogP contribution in [0.4, 0.5) is 0 Å². The van der Waals surface area contributed by atoms with Gasteiger partial charge in [-0.25, -0.2) is 0 Å². The second kappa shape index (κ2) is 8.38. The van der Waals surface area contributed by atoms with E-state index in [1.54, 1.807) is 12.7 Å². The molecule has 190 valence electrons. The van der Waals surface area contributed by atoms with Gasteiger partial charge in [0.2, 0.25) is 8.32 Å². The monoisotopic (exact) mass is 492 g/mol. The van der Waals surface area contributed by atoms with Crippen LogP contribution in [0, 0.1) is 17.3 Å². The van der Waals surface area contributed by atoms with Crippen LogP contribution < -0.4 is 9.16 Å². The van der Waals surface area contributed by atoms with Crippen LogP contribution in [0.1, 0.15) is 82.4 Å². The van der Waals surface area contributed by atoms with Gasteiger partial charge in [-0.1, -0.05) is 45.9 Å². The maximum Gasteiger partial charge on any atom is 0.250 e. The van der Waals surface area contributed by atoms with Gasteiger partial charge in [-0.3, -0.25) is 0 Å². The van der Waals surface area contributed by atoms with Gasteiger partial charge in [0.15, 0.2) is 0 Å². The Morgan fingerprint density at radius 3 is 2.29 bits per heavy atom. The minimum absolute atomic E-state index is 0.0777. The molecule has 0 spiro atoms. The maximum atomic E-state index is 12.1. The molecule has 3 nitrogen and oxygen atoms in total. The Hall–Kier alpha value is -1.78. The summed E-state index contributed by atoms with van der Waals surface area (Å²) < 4.78 is 12.0. The molecular formula is C31H44O3Si. The predicted molar refractivity (Wildman–Crippen MR) is 146 cm³/mol. The lowest BCUT2D eigenvalue weighted by Gasteiger charge is -2.53. The molecule has 2 aromatic rings. The van der Waals surface area contributed by atoms with Crippen molar-refractivity contribution >= 4 is 8.32 Å². The molecule has 0 aromatic heterocycles. The Morgan fingerprint density at radius 1 is 0.943 bits per heavy atom. The van der Waals surface area contributed by atoms with Crippen LogP contribution in [0.2, 0.25) is 18.1 Å². The van der Waals surface area contributed by atoms with Gasteiger partial charge in [-0.2, -0.15) is 0 Å². The number of benzene rings is 2. The molecule has 0 heterocycles. The summed E-state index contributed by atoms with van der Waals surface area (Å²) in [6.45, 7) is 13.9. The summed E-state index contributed by atoms with van der Waals surface area (Å²) in [5, 5.41) is 12.3. The Balaban J connectivity index is 1.40. The van der Waals surface area contributed by atoms with E-state index in [0.717, 1.165) is 49.2 Å². The zero-order chi connectivity index (χ0) is 25.2. The lowest BCUT2D eigenvalue weighted by molar-refractivity contribution is -0.108. The SMILES string of the molecule is COc1ccc([C@]2(O)CC[C@H]3[C@@H]4CCc5cc(O[Si](C)(C)C(C)(C)C)ccc5[C@H]4CC[C@@]32C)cc1. The first kappa shape index (κ1) is 24.9. The highest BCUT2D eigenvalue weighted by molar-refractivity contribution is 6.74. The van der Waals surface area contributed by atoms with E-state index in [1.807, 2.05) is 12.1 Å². The van der Waals surface area contributed by atoms with Crippen molar-refractivity contribution in [2.45, 2.75) is 95.9 Å². The van der Waals surface area contributed by atoms with E-state index in [1.165, 1.54) is 12.0 Å². The molecule has 35 heavy (non-hydrogen) atoms. The van der Waals surface area contributed by atoms with Crippen molar-refractivity contribution < 1.29 is 14.3 Å². The van der Waals surface area contributed by atoms with E-state index >= 15 is 0 Å². The van der Waals surface area contributed by atoms with E-state index in [-0.39, 0.29) is 10.5 Å². The third kappa shape index (κ3) is 3.87. The van der Waals surface area contributed by atoms with Gasteiger partial charge in [-0.15, -0.1) is 0 Å². The fourth-order valence-electron chi connectivity index (χ4n) is 7.43. The minimum atomic E-state index is -1.84. The Kier molecular flexibility index (Phi) is 5.96. The summed E-state index contributed by atoms with van der Waals surface area (Å²) in [7, 11) is -0.147. The fraction of sp³-hybridized carbons (Fsp3) is 0.613. The molecule has 1 N–H and O–H groups in total. The molecule has 0 saturated heterocycles. The van der Waals surface area contributed by atoms with E-state index in [0.29, 0.717) is 17.8 Å². The van der Waals surface area contributed by atoms with E-state index in [4.69, 9.17) is 9.16 Å². The van der Waals surface area contributed by atoms with Gasteiger partial charge in [0.25, 0.3) is 0 Å². The molecule has 0 unspecified atom stereocenters. The topological polar surface area (TPSA) is 38.7 Å². The fourth-order valence-corrected chi connectivity index (χ4v) is 8.45. The third-order valence-electron chi connectivity index (χ3n) is 10.6. The standard InChI is InChI=1S/C31H44O3Si/c1-29(2,3)35(6,7)34-24-13-15-25-21(20-24)8-14-27-26(25)16-18-30(4)28(27)17-19-31(30,32)22-9-11-23(33-5)12-10-22/h9-13,15,20,26-28,32H,8,14,16-19H2,1-7H3/t26-,27-,28+,30+,31-/m1/s1. The van der Waals surface area contributed by atoms with Crippen LogP contribution in [-0.2, 0) is 12.0 Å². The number of aryl methyl sites for hydroxylation is 1. The molecular weight excluding hydrogens is 448 g/mol. The summed E-state index contributed by atoms with van der Waals surface area (Å²) in [6.07, 6.45) is 6.55. The Morgan fingerprint density at radius 2 is 1.63 bits per heavy atom. The highest BCUT2D eigenvalue weighted by Gasteiger charge is 2.62. The lowest BCUT2D eigenvalue weighted by Crippen LogP contribution is -2.49. The van der Waals surface area contributed by atoms with Crippen LogP contribution in [0.25, 0.3) is 0 Å². The molecule has 5 atom stereocenters. The summed E-state index contributed by atoms with van der Waals surface area (Å²) >= 11 is 0. The largest absolute Gasteiger partial charge is 0.543 e. The van der Waals surface area contributed by atoms with Crippen LogP contribution >= 0.6 is 0 Å². The second-order valence-corrected chi connectivity index (χ2v) is 17.9. The van der Waals surface area contributed by atoms with Crippen molar-refractivity contribution in [3.63, 3.8) is 0 Å². The zero-order valence-electron chi connectivity index (χ0n) is 22.8. The van der Waals surface area contributed by atoms with Crippen LogP contribution in [0.5, 0.6) is 11.5 Å². The van der Waals surface area contributed by atoms with Crippen molar-refractivity contribution in [2.24, 2.45) is 17.3 Å². The molecule has 3 aliphatic rings. The number of methoxy groups -OCH3 is 1. The number of hydrogen-bond donors (Lipinski definition) is 1. The third-order valence-corrected chi connectivity index (χ3v) is 15.0. The average Bonchev–Trinajstić information content (AvgIpc) is 3.09. The van der Waals surface area contributed by atoms with Gasteiger partial charge in [0.1, 0.15) is 11.5 Å². The summed E-state index contributed by atoms with van der Waals surface area (Å²) in [5.41, 5.74) is 3.27. The highest BCUT2D eigenvalue weighted by Crippen LogP contribution is 2.67. The van der Waals surface area contributed by atoms with Gasteiger partial charge >= 0.3 is 0 Å². The molecule has 0 aliphatic heterocycles. The number of rotatable bonds is 4. The Bertz CT molecular complexity index is 1090. The molecule has 0 bridgehead atoms. The van der Waals surface area contributed by atoms with Crippen molar-refractivity contribution in [1.82, 2.24) is 0 Å². The van der Waals surface area contributed by atoms with Gasteiger partial charge in [0.05, 0.1) is 12.7 Å². The van der Waals surface area contributed by atoms with Gasteiger partial charge in [0, 0.05) is 5.41 Å². The Labute approximate surface area is 213 Å². The van der Waals surface area contributed by atoms with Crippen molar-refractivity contribution in [3.8, 4) is 11.5 Å². The smallest absolute Gasteiger partial charge is 0.250 e. The summed E-state index contributed by atoms with van der Waals surface area (Å²) in [5.74, 6) is 3.73. The summed E-state index contributed by atoms with van der Waals surface area (Å²) in [6, 6.07) is 15.1. The number of ether oxygens (including phenoxy) is 1. The molecule has 3 aliphatic carbocycles. The maximum absolute atomic E-state index is 12.1.